The van der Waals surface area contributed by atoms with E-state index in [1.807, 2.05) is 0 Å². The summed E-state index contributed by atoms with van der Waals surface area (Å²) in [5.74, 6) is -1.70. The van der Waals surface area contributed by atoms with E-state index >= 15 is 0 Å². The third kappa shape index (κ3) is 3.20. The van der Waals surface area contributed by atoms with E-state index in [0.717, 1.165) is 13.0 Å². The molecule has 0 saturated heterocycles. The normalized spacial score (nSPS) is 14.6. The number of hydrogen-bond donors (Lipinski definition) is 0. The van der Waals surface area contributed by atoms with Gasteiger partial charge in [0.1, 0.15) is 0 Å². The standard InChI is InChI=1S/C11H25IOSi/c1-8-9-13-14(12,10(2,3)4)11(5,6)7/h8-9H2,1-7H3. The summed E-state index contributed by atoms with van der Waals surface area (Å²) in [4.78, 5) is 0. The van der Waals surface area contributed by atoms with Crippen LogP contribution in [0.1, 0.15) is 54.9 Å². The summed E-state index contributed by atoms with van der Waals surface area (Å²) in [6.45, 7) is 17.0. The van der Waals surface area contributed by atoms with Crippen molar-refractivity contribution in [1.82, 2.24) is 0 Å². The lowest BCUT2D eigenvalue weighted by molar-refractivity contribution is 0.279. The molecule has 14 heavy (non-hydrogen) atoms. The van der Waals surface area contributed by atoms with Gasteiger partial charge in [0.25, 0.3) is 5.81 Å². The lowest BCUT2D eigenvalue weighted by Crippen LogP contribution is -2.49. The van der Waals surface area contributed by atoms with Crippen LogP contribution in [0.3, 0.4) is 0 Å². The first-order valence-electron chi connectivity index (χ1n) is 5.39. The fourth-order valence-corrected chi connectivity index (χ4v) is 6.06. The maximum absolute atomic E-state index is 6.23. The summed E-state index contributed by atoms with van der Waals surface area (Å²) in [6, 6.07) is 0. The van der Waals surface area contributed by atoms with Crippen molar-refractivity contribution in [3.8, 4) is 0 Å². The van der Waals surface area contributed by atoms with Crippen molar-refractivity contribution in [2.24, 2.45) is 0 Å². The molecule has 86 valence electrons. The largest absolute Gasteiger partial charge is 0.406 e. The predicted octanol–water partition coefficient (Wildman–Crippen LogP) is 4.89. The zero-order valence-electron chi connectivity index (χ0n) is 10.7. The molecule has 0 aliphatic heterocycles. The molecule has 0 aliphatic carbocycles. The van der Waals surface area contributed by atoms with E-state index < -0.39 is 5.81 Å². The topological polar surface area (TPSA) is 9.23 Å². The second-order valence-electron chi connectivity index (χ2n) is 5.94. The highest BCUT2D eigenvalue weighted by atomic mass is 127. The molecule has 0 bridgehead atoms. The Labute approximate surface area is 103 Å². The Hall–Kier alpha value is 0.907. The van der Waals surface area contributed by atoms with Crippen molar-refractivity contribution in [3.05, 3.63) is 0 Å². The van der Waals surface area contributed by atoms with Crippen molar-refractivity contribution < 1.29 is 4.43 Å². The summed E-state index contributed by atoms with van der Waals surface area (Å²) in [5, 5.41) is 0.585. The van der Waals surface area contributed by atoms with Crippen LogP contribution < -0.4 is 0 Å². The summed E-state index contributed by atoms with van der Waals surface area (Å²) in [7, 11) is 0. The van der Waals surface area contributed by atoms with Gasteiger partial charge in [-0.05, 0) is 16.5 Å². The molecule has 0 N–H and O–H groups in total. The van der Waals surface area contributed by atoms with Gasteiger partial charge in [-0.15, -0.1) is 0 Å². The van der Waals surface area contributed by atoms with Crippen LogP contribution >= 0.6 is 21.8 Å². The average molecular weight is 328 g/mol. The molecule has 0 heterocycles. The van der Waals surface area contributed by atoms with Crippen molar-refractivity contribution in [2.45, 2.75) is 65.0 Å². The molecule has 0 unspecified atom stereocenters. The van der Waals surface area contributed by atoms with Gasteiger partial charge in [-0.3, -0.25) is 0 Å². The van der Waals surface area contributed by atoms with Gasteiger partial charge in [0.2, 0.25) is 0 Å². The highest BCUT2D eigenvalue weighted by Crippen LogP contribution is 2.55. The number of halogens is 1. The molecule has 0 rings (SSSR count). The van der Waals surface area contributed by atoms with E-state index in [0.29, 0.717) is 10.1 Å². The van der Waals surface area contributed by atoms with Crippen molar-refractivity contribution in [3.63, 3.8) is 0 Å². The van der Waals surface area contributed by atoms with E-state index in [-0.39, 0.29) is 0 Å². The molecule has 0 amide bonds. The predicted molar refractivity (Wildman–Crippen MR) is 75.4 cm³/mol. The highest BCUT2D eigenvalue weighted by molar-refractivity contribution is 14.1. The van der Waals surface area contributed by atoms with Gasteiger partial charge in [-0.2, -0.15) is 0 Å². The Bertz CT molecular complexity index is 165. The van der Waals surface area contributed by atoms with Gasteiger partial charge in [0.15, 0.2) is 0 Å². The molecule has 0 aromatic heterocycles. The summed E-state index contributed by atoms with van der Waals surface area (Å²) < 4.78 is 6.23. The third-order valence-electron chi connectivity index (χ3n) is 2.43. The molecule has 0 radical (unpaired) electrons. The van der Waals surface area contributed by atoms with Crippen LogP contribution in [0.15, 0.2) is 0 Å². The van der Waals surface area contributed by atoms with Gasteiger partial charge in [-0.25, -0.2) is 0 Å². The highest BCUT2D eigenvalue weighted by Gasteiger charge is 2.53. The smallest absolute Gasteiger partial charge is 0.269 e. The molecule has 0 fully saturated rings. The monoisotopic (exact) mass is 328 g/mol. The van der Waals surface area contributed by atoms with E-state index in [1.165, 1.54) is 0 Å². The van der Waals surface area contributed by atoms with Gasteiger partial charge >= 0.3 is 0 Å². The second-order valence-corrected chi connectivity index (χ2v) is 15.0. The first kappa shape index (κ1) is 14.9. The molecular weight excluding hydrogens is 303 g/mol. The summed E-state index contributed by atoms with van der Waals surface area (Å²) in [5.41, 5.74) is 0. The quantitative estimate of drug-likeness (QED) is 0.407. The molecule has 0 spiro atoms. The van der Waals surface area contributed by atoms with E-state index in [1.54, 1.807) is 0 Å². The molecule has 1 nitrogen and oxygen atoms in total. The first-order valence-corrected chi connectivity index (χ1v) is 10.4. The molecule has 3 heteroatoms. The maximum atomic E-state index is 6.23. The molecule has 0 saturated carbocycles. The van der Waals surface area contributed by atoms with Gasteiger partial charge in [0, 0.05) is 6.61 Å². The molecule has 0 aromatic rings. The van der Waals surface area contributed by atoms with E-state index in [4.69, 9.17) is 4.43 Å². The van der Waals surface area contributed by atoms with Crippen LogP contribution in [0.5, 0.6) is 0 Å². The molecular formula is C11H25IOSi. The molecule has 0 aromatic carbocycles. The van der Waals surface area contributed by atoms with Crippen LogP contribution in [0.25, 0.3) is 0 Å². The van der Waals surface area contributed by atoms with Gasteiger partial charge < -0.3 is 4.43 Å². The van der Waals surface area contributed by atoms with Crippen LogP contribution in [0.4, 0.5) is 0 Å². The zero-order valence-corrected chi connectivity index (χ0v) is 13.9. The lowest BCUT2D eigenvalue weighted by Gasteiger charge is -2.46. The van der Waals surface area contributed by atoms with E-state index in [2.05, 4.69) is 70.3 Å². The Kier molecular flexibility index (Phi) is 5.14. The summed E-state index contributed by atoms with van der Waals surface area (Å²) >= 11 is 2.63. The molecule has 0 aliphatic rings. The first-order chi connectivity index (χ1) is 6.06. The van der Waals surface area contributed by atoms with Crippen LogP contribution in [0, 0.1) is 0 Å². The van der Waals surface area contributed by atoms with Crippen LogP contribution in [0.2, 0.25) is 10.1 Å². The molecule has 0 atom stereocenters. The minimum Gasteiger partial charge on any atom is -0.406 e. The SMILES string of the molecule is CCCO[Si](I)(C(C)(C)C)C(C)(C)C. The van der Waals surface area contributed by atoms with Crippen molar-refractivity contribution in [2.75, 3.05) is 6.61 Å². The van der Waals surface area contributed by atoms with Crippen molar-refractivity contribution >= 4 is 27.6 Å². The van der Waals surface area contributed by atoms with Gasteiger partial charge in [0.05, 0.1) is 0 Å². The Morgan fingerprint density at radius 3 is 1.57 bits per heavy atom. The van der Waals surface area contributed by atoms with Crippen LogP contribution in [-0.2, 0) is 4.43 Å². The Morgan fingerprint density at radius 2 is 1.36 bits per heavy atom. The Balaban J connectivity index is 4.87. The lowest BCUT2D eigenvalue weighted by atomic mass is 10.2. The Morgan fingerprint density at radius 1 is 1.00 bits per heavy atom. The van der Waals surface area contributed by atoms with Crippen LogP contribution in [-0.4, -0.2) is 12.4 Å². The second kappa shape index (κ2) is 4.83. The average Bonchev–Trinajstić information content (AvgIpc) is 1.95. The summed E-state index contributed by atoms with van der Waals surface area (Å²) in [6.07, 6.45) is 1.11. The van der Waals surface area contributed by atoms with Gasteiger partial charge in [-0.1, -0.05) is 70.3 Å². The maximum Gasteiger partial charge on any atom is 0.269 e. The fraction of sp³-hybridized carbons (Fsp3) is 1.00. The minimum absolute atomic E-state index is 0.293. The zero-order chi connectivity index (χ0) is 11.6. The van der Waals surface area contributed by atoms with E-state index in [9.17, 15) is 0 Å². The minimum atomic E-state index is -1.70. The third-order valence-corrected chi connectivity index (χ3v) is 17.5. The van der Waals surface area contributed by atoms with Crippen molar-refractivity contribution in [1.29, 1.82) is 0 Å². The number of hydrogen-bond acceptors (Lipinski definition) is 1. The number of rotatable bonds is 3. The fourth-order valence-electron chi connectivity index (χ4n) is 1.80.